The van der Waals surface area contributed by atoms with Crippen molar-refractivity contribution in [2.24, 2.45) is 45.3 Å². The number of methoxy groups -OCH3 is 1. The van der Waals surface area contributed by atoms with Gasteiger partial charge in [0.05, 0.1) is 19.1 Å². The zero-order valence-electron chi connectivity index (χ0n) is 23.4. The minimum absolute atomic E-state index is 0.109. The predicted octanol–water partition coefficient (Wildman–Crippen LogP) is 6.67. The number of fused-ring (bicyclic) bond motifs is 5. The van der Waals surface area contributed by atoms with E-state index in [0.717, 1.165) is 32.1 Å². The molecule has 0 aromatic heterocycles. The van der Waals surface area contributed by atoms with Gasteiger partial charge in [-0.15, -0.1) is 0 Å². The summed E-state index contributed by atoms with van der Waals surface area (Å²) in [7, 11) is 1.48. The molecule has 0 heterocycles. The van der Waals surface area contributed by atoms with E-state index in [2.05, 4.69) is 60.6 Å². The second-order valence-electron chi connectivity index (χ2n) is 13.7. The Bertz CT molecular complexity index is 940. The number of esters is 1. The lowest BCUT2D eigenvalue weighted by atomic mass is 9.41. The summed E-state index contributed by atoms with van der Waals surface area (Å²) in [6.45, 7) is 15.6. The maximum atomic E-state index is 13.1. The van der Waals surface area contributed by atoms with E-state index in [1.807, 2.05) is 0 Å². The van der Waals surface area contributed by atoms with Crippen LogP contribution in [0.2, 0.25) is 0 Å². The Morgan fingerprint density at radius 2 is 1.89 bits per heavy atom. The van der Waals surface area contributed by atoms with Crippen LogP contribution in [0.15, 0.2) is 23.3 Å². The molecule has 0 bridgehead atoms. The van der Waals surface area contributed by atoms with Crippen molar-refractivity contribution in [3.05, 3.63) is 23.3 Å². The van der Waals surface area contributed by atoms with Crippen LogP contribution < -0.4 is 0 Å². The fourth-order valence-corrected chi connectivity index (χ4v) is 9.48. The number of hydrogen-bond donors (Lipinski definition) is 1. The molecule has 4 aliphatic rings. The van der Waals surface area contributed by atoms with E-state index in [4.69, 9.17) is 4.74 Å². The van der Waals surface area contributed by atoms with Gasteiger partial charge in [0.15, 0.2) is 0 Å². The smallest absolute Gasteiger partial charge is 0.309 e. The van der Waals surface area contributed by atoms with Gasteiger partial charge in [0.1, 0.15) is 5.78 Å². The first-order valence-electron chi connectivity index (χ1n) is 13.9. The Hall–Kier alpha value is -1.42. The number of allylic oxidation sites excluding steroid dienone is 4. The molecule has 3 fully saturated rings. The van der Waals surface area contributed by atoms with Crippen LogP contribution in [0, 0.1) is 45.3 Å². The first-order valence-corrected chi connectivity index (χ1v) is 13.9. The molecule has 3 saturated carbocycles. The number of aliphatic hydroxyl groups is 1. The Balaban J connectivity index is 1.72. The lowest BCUT2D eigenvalue weighted by molar-refractivity contribution is -0.154. The maximum Gasteiger partial charge on any atom is 0.309 e. The Labute approximate surface area is 213 Å². The Morgan fingerprint density at radius 1 is 1.20 bits per heavy atom. The second kappa shape index (κ2) is 8.85. The molecule has 35 heavy (non-hydrogen) atoms. The van der Waals surface area contributed by atoms with Gasteiger partial charge in [0, 0.05) is 17.8 Å². The molecule has 0 unspecified atom stereocenters. The number of carbonyl (C=O) groups is 2. The van der Waals surface area contributed by atoms with E-state index in [1.54, 1.807) is 0 Å². The summed E-state index contributed by atoms with van der Waals surface area (Å²) >= 11 is 0. The molecular weight excluding hydrogens is 436 g/mol. The molecule has 0 saturated heterocycles. The lowest BCUT2D eigenvalue weighted by Gasteiger charge is -2.63. The van der Waals surface area contributed by atoms with E-state index in [-0.39, 0.29) is 39.5 Å². The minimum atomic E-state index is -0.518. The molecule has 0 amide bonds. The molecule has 0 spiro atoms. The van der Waals surface area contributed by atoms with Gasteiger partial charge in [-0.1, -0.05) is 57.9 Å². The van der Waals surface area contributed by atoms with E-state index in [1.165, 1.54) is 18.3 Å². The van der Waals surface area contributed by atoms with Crippen LogP contribution in [0.1, 0.15) is 99.8 Å². The van der Waals surface area contributed by atoms with Crippen molar-refractivity contribution < 1.29 is 19.4 Å². The molecule has 4 heteroatoms. The Morgan fingerprint density at radius 3 is 2.51 bits per heavy atom. The monoisotopic (exact) mass is 484 g/mol. The van der Waals surface area contributed by atoms with Crippen molar-refractivity contribution in [3.8, 4) is 0 Å². The topological polar surface area (TPSA) is 63.6 Å². The van der Waals surface area contributed by atoms with Gasteiger partial charge in [-0.25, -0.2) is 0 Å². The molecule has 1 N–H and O–H groups in total. The second-order valence-corrected chi connectivity index (χ2v) is 13.7. The molecular formula is C31H48O4. The summed E-state index contributed by atoms with van der Waals surface area (Å²) in [5.74, 6) is 0.639. The highest BCUT2D eigenvalue weighted by molar-refractivity contribution is 5.85. The molecule has 0 aliphatic heterocycles. The van der Waals surface area contributed by atoms with Gasteiger partial charge in [-0.3, -0.25) is 9.59 Å². The van der Waals surface area contributed by atoms with Crippen LogP contribution in [0.3, 0.4) is 0 Å². The van der Waals surface area contributed by atoms with Crippen LogP contribution in [-0.4, -0.2) is 30.1 Å². The molecule has 0 radical (unpaired) electrons. The van der Waals surface area contributed by atoms with Gasteiger partial charge in [0.25, 0.3) is 0 Å². The molecule has 8 atom stereocenters. The third-order valence-corrected chi connectivity index (χ3v) is 11.6. The van der Waals surface area contributed by atoms with Gasteiger partial charge in [-0.2, -0.15) is 0 Å². The third kappa shape index (κ3) is 3.80. The number of hydrogen-bond acceptors (Lipinski definition) is 4. The fourth-order valence-electron chi connectivity index (χ4n) is 9.48. The molecule has 0 aromatic carbocycles. The van der Waals surface area contributed by atoms with E-state index in [0.29, 0.717) is 36.9 Å². The van der Waals surface area contributed by atoms with Gasteiger partial charge < -0.3 is 9.84 Å². The third-order valence-electron chi connectivity index (χ3n) is 11.6. The first-order chi connectivity index (χ1) is 16.2. The summed E-state index contributed by atoms with van der Waals surface area (Å²) < 4.78 is 5.30. The largest absolute Gasteiger partial charge is 0.469 e. The lowest BCUT2D eigenvalue weighted by Crippen LogP contribution is -2.57. The molecule has 0 aromatic rings. The fraction of sp³-hybridized carbons (Fsp3) is 0.806. The number of rotatable bonds is 5. The number of aliphatic hydroxyl groups excluding tert-OH is 1. The van der Waals surface area contributed by atoms with Crippen LogP contribution in [0.25, 0.3) is 0 Å². The van der Waals surface area contributed by atoms with Crippen molar-refractivity contribution in [2.45, 2.75) is 106 Å². The van der Waals surface area contributed by atoms with E-state index in [9.17, 15) is 14.7 Å². The molecule has 4 aliphatic carbocycles. The number of Topliss-reactive ketones (excluding diaryl/α,β-unsaturated/α-hetero) is 1. The highest BCUT2D eigenvalue weighted by Crippen LogP contribution is 2.73. The SMILES string of the molecule is COC(=O)[C@H](CCC=C(C)C)[C@@H]1[C@@H](O)C[C@]2(C)C3=CC[C@@H]4C(C)(C)C(=O)CC[C@]4(C)[C@H]3CC[C@@]12C. The van der Waals surface area contributed by atoms with Crippen LogP contribution >= 0.6 is 0 Å². The molecule has 4 rings (SSSR count). The zero-order valence-corrected chi connectivity index (χ0v) is 23.4. The summed E-state index contributed by atoms with van der Waals surface area (Å²) in [5.41, 5.74) is 2.27. The quantitative estimate of drug-likeness (QED) is 0.350. The van der Waals surface area contributed by atoms with Crippen molar-refractivity contribution in [1.29, 1.82) is 0 Å². The van der Waals surface area contributed by atoms with Gasteiger partial charge in [-0.05, 0) is 86.9 Å². The van der Waals surface area contributed by atoms with Gasteiger partial charge in [0.2, 0.25) is 0 Å². The van der Waals surface area contributed by atoms with Crippen LogP contribution in [0.5, 0.6) is 0 Å². The molecule has 196 valence electrons. The van der Waals surface area contributed by atoms with Crippen molar-refractivity contribution in [3.63, 3.8) is 0 Å². The predicted molar refractivity (Wildman–Crippen MR) is 140 cm³/mol. The number of ether oxygens (including phenoxy) is 1. The van der Waals surface area contributed by atoms with Crippen LogP contribution in [-0.2, 0) is 14.3 Å². The highest BCUT2D eigenvalue weighted by atomic mass is 16.5. The summed E-state index contributed by atoms with van der Waals surface area (Å²) in [6, 6.07) is 0. The standard InChI is InChI=1S/C31H48O4/c1-19(2)10-9-11-20(27(34)35-8)26-23(32)18-31(7)22-12-13-24-28(3,4)25(33)15-16-29(24,5)21(22)14-17-30(26,31)6/h10,12,20-21,23-24,26,32H,9,11,13-18H2,1-8H3/t20-,21+,23+,24-,26-,29-,30+,31-/m1/s1. The average molecular weight is 485 g/mol. The maximum absolute atomic E-state index is 13.1. The zero-order chi connectivity index (χ0) is 26.0. The van der Waals surface area contributed by atoms with Crippen molar-refractivity contribution in [2.75, 3.05) is 7.11 Å². The first kappa shape index (κ1) is 26.6. The average Bonchev–Trinajstić information content (AvgIpc) is 2.99. The minimum Gasteiger partial charge on any atom is -0.469 e. The molecule has 4 nitrogen and oxygen atoms in total. The van der Waals surface area contributed by atoms with E-state index < -0.39 is 6.10 Å². The normalized spacial score (nSPS) is 42.8. The van der Waals surface area contributed by atoms with Crippen LogP contribution in [0.4, 0.5) is 0 Å². The number of ketones is 1. The summed E-state index contributed by atoms with van der Waals surface area (Å²) in [6.07, 6.45) is 11.0. The van der Waals surface area contributed by atoms with Gasteiger partial charge >= 0.3 is 5.97 Å². The summed E-state index contributed by atoms with van der Waals surface area (Å²) in [5, 5.41) is 11.6. The number of carbonyl (C=O) groups excluding carboxylic acids is 2. The van der Waals surface area contributed by atoms with Crippen molar-refractivity contribution in [1.82, 2.24) is 0 Å². The summed E-state index contributed by atoms with van der Waals surface area (Å²) in [4.78, 5) is 25.9. The van der Waals surface area contributed by atoms with Crippen molar-refractivity contribution >= 4 is 11.8 Å². The highest BCUT2D eigenvalue weighted by Gasteiger charge is 2.68. The van der Waals surface area contributed by atoms with E-state index >= 15 is 0 Å². The Kier molecular flexibility index (Phi) is 6.74.